The SMILES string of the molecule is CC(C)Cn1nnnc1SC(C)c1noc(-c2ccccc2)n1. The number of rotatable bonds is 6. The van der Waals surface area contributed by atoms with Crippen molar-refractivity contribution in [1.82, 2.24) is 30.3 Å². The molecule has 0 radical (unpaired) electrons. The summed E-state index contributed by atoms with van der Waals surface area (Å²) < 4.78 is 7.16. The Kier molecular flexibility index (Phi) is 4.71. The molecule has 2 heterocycles. The van der Waals surface area contributed by atoms with Gasteiger partial charge in [0, 0.05) is 12.1 Å². The predicted octanol–water partition coefficient (Wildman–Crippen LogP) is 3.23. The highest BCUT2D eigenvalue weighted by atomic mass is 32.2. The van der Waals surface area contributed by atoms with Gasteiger partial charge in [-0.3, -0.25) is 0 Å². The summed E-state index contributed by atoms with van der Waals surface area (Å²) in [5, 5.41) is 16.7. The van der Waals surface area contributed by atoms with Gasteiger partial charge in [-0.15, -0.1) is 5.10 Å². The molecule has 3 rings (SSSR count). The summed E-state index contributed by atoms with van der Waals surface area (Å²) in [5.41, 5.74) is 0.910. The lowest BCUT2D eigenvalue weighted by molar-refractivity contribution is 0.422. The topological polar surface area (TPSA) is 82.5 Å². The van der Waals surface area contributed by atoms with Crippen molar-refractivity contribution in [2.24, 2.45) is 5.92 Å². The minimum atomic E-state index is -0.00637. The highest BCUT2D eigenvalue weighted by Gasteiger charge is 2.19. The zero-order valence-corrected chi connectivity index (χ0v) is 14.1. The van der Waals surface area contributed by atoms with Gasteiger partial charge in [0.1, 0.15) is 0 Å². The van der Waals surface area contributed by atoms with E-state index in [9.17, 15) is 0 Å². The number of hydrogen-bond acceptors (Lipinski definition) is 7. The van der Waals surface area contributed by atoms with Crippen molar-refractivity contribution in [2.45, 2.75) is 37.7 Å². The molecule has 3 aromatic rings. The molecule has 120 valence electrons. The van der Waals surface area contributed by atoms with Gasteiger partial charge < -0.3 is 4.52 Å². The summed E-state index contributed by atoms with van der Waals surface area (Å²) in [4.78, 5) is 4.48. The third-order valence-electron chi connectivity index (χ3n) is 3.15. The van der Waals surface area contributed by atoms with Gasteiger partial charge in [0.2, 0.25) is 5.16 Å². The number of nitrogens with zero attached hydrogens (tertiary/aromatic N) is 6. The number of thioether (sulfide) groups is 1. The van der Waals surface area contributed by atoms with Crippen LogP contribution in [0.1, 0.15) is 31.8 Å². The molecule has 0 spiro atoms. The van der Waals surface area contributed by atoms with E-state index < -0.39 is 0 Å². The molecule has 1 unspecified atom stereocenters. The molecule has 1 atom stereocenters. The number of benzene rings is 1. The smallest absolute Gasteiger partial charge is 0.257 e. The third-order valence-corrected chi connectivity index (χ3v) is 4.21. The standard InChI is InChI=1S/C15H18N6OS/c1-10(2)9-21-15(17-19-20-21)23-11(3)13-16-14(22-18-13)12-7-5-4-6-8-12/h4-8,10-11H,9H2,1-3H3. The van der Waals surface area contributed by atoms with Gasteiger partial charge in [0.05, 0.1) is 5.25 Å². The number of aromatic nitrogens is 6. The van der Waals surface area contributed by atoms with Crippen molar-refractivity contribution in [3.05, 3.63) is 36.2 Å². The summed E-state index contributed by atoms with van der Waals surface area (Å²) in [7, 11) is 0. The first-order valence-electron chi connectivity index (χ1n) is 7.45. The van der Waals surface area contributed by atoms with E-state index >= 15 is 0 Å². The van der Waals surface area contributed by atoms with Crippen LogP contribution in [0.15, 0.2) is 40.0 Å². The fraction of sp³-hybridized carbons (Fsp3) is 0.400. The van der Waals surface area contributed by atoms with Crippen molar-refractivity contribution in [2.75, 3.05) is 0 Å². The Morgan fingerprint density at radius 3 is 2.70 bits per heavy atom. The van der Waals surface area contributed by atoms with Gasteiger partial charge >= 0.3 is 0 Å². The van der Waals surface area contributed by atoms with Crippen molar-refractivity contribution < 1.29 is 4.52 Å². The molecule has 0 aliphatic heterocycles. The minimum Gasteiger partial charge on any atom is -0.334 e. The second kappa shape index (κ2) is 6.91. The van der Waals surface area contributed by atoms with Gasteiger partial charge in [-0.25, -0.2) is 4.68 Å². The second-order valence-electron chi connectivity index (χ2n) is 5.62. The Hall–Kier alpha value is -2.22. The van der Waals surface area contributed by atoms with Crippen LogP contribution in [0.5, 0.6) is 0 Å². The van der Waals surface area contributed by atoms with Crippen LogP contribution in [0.25, 0.3) is 11.5 Å². The van der Waals surface area contributed by atoms with Crippen LogP contribution in [0.3, 0.4) is 0 Å². The number of tetrazole rings is 1. The first-order valence-corrected chi connectivity index (χ1v) is 8.33. The van der Waals surface area contributed by atoms with E-state index in [1.165, 1.54) is 11.8 Å². The van der Waals surface area contributed by atoms with Crippen LogP contribution in [0.4, 0.5) is 0 Å². The first kappa shape index (κ1) is 15.7. The quantitative estimate of drug-likeness (QED) is 0.642. The maximum atomic E-state index is 5.35. The summed E-state index contributed by atoms with van der Waals surface area (Å²) in [6.07, 6.45) is 0. The summed E-state index contributed by atoms with van der Waals surface area (Å²) in [6, 6.07) is 9.72. The molecule has 0 aliphatic rings. The monoisotopic (exact) mass is 330 g/mol. The second-order valence-corrected chi connectivity index (χ2v) is 6.93. The van der Waals surface area contributed by atoms with Crippen LogP contribution in [-0.4, -0.2) is 30.3 Å². The molecule has 0 saturated heterocycles. The Morgan fingerprint density at radius 2 is 1.96 bits per heavy atom. The summed E-state index contributed by atoms with van der Waals surface area (Å²) in [6.45, 7) is 7.05. The molecule has 7 nitrogen and oxygen atoms in total. The molecule has 0 N–H and O–H groups in total. The number of hydrogen-bond donors (Lipinski definition) is 0. The molecule has 0 saturated carbocycles. The van der Waals surface area contributed by atoms with Gasteiger partial charge in [0.25, 0.3) is 5.89 Å². The van der Waals surface area contributed by atoms with Crippen LogP contribution >= 0.6 is 11.8 Å². The predicted molar refractivity (Wildman–Crippen MR) is 86.7 cm³/mol. The molecule has 1 aromatic carbocycles. The van der Waals surface area contributed by atoms with Crippen LogP contribution in [0, 0.1) is 5.92 Å². The molecule has 8 heteroatoms. The van der Waals surface area contributed by atoms with Crippen LogP contribution in [0.2, 0.25) is 0 Å². The fourth-order valence-corrected chi connectivity index (χ4v) is 2.88. The fourth-order valence-electron chi connectivity index (χ4n) is 2.05. The lowest BCUT2D eigenvalue weighted by atomic mass is 10.2. The lowest BCUT2D eigenvalue weighted by Gasteiger charge is -2.08. The molecular weight excluding hydrogens is 312 g/mol. The third kappa shape index (κ3) is 3.76. The minimum absolute atomic E-state index is 0.00637. The average molecular weight is 330 g/mol. The van der Waals surface area contributed by atoms with E-state index in [1.54, 1.807) is 0 Å². The zero-order chi connectivity index (χ0) is 16.2. The molecule has 2 aromatic heterocycles. The van der Waals surface area contributed by atoms with Crippen molar-refractivity contribution in [1.29, 1.82) is 0 Å². The maximum absolute atomic E-state index is 5.35. The van der Waals surface area contributed by atoms with Gasteiger partial charge in [-0.2, -0.15) is 4.98 Å². The van der Waals surface area contributed by atoms with Gasteiger partial charge in [-0.05, 0) is 35.4 Å². The van der Waals surface area contributed by atoms with Crippen LogP contribution < -0.4 is 0 Å². The van der Waals surface area contributed by atoms with Gasteiger partial charge in [0.15, 0.2) is 5.82 Å². The highest BCUT2D eigenvalue weighted by molar-refractivity contribution is 7.99. The van der Waals surface area contributed by atoms with E-state index in [2.05, 4.69) is 39.5 Å². The molecule has 0 amide bonds. The highest BCUT2D eigenvalue weighted by Crippen LogP contribution is 2.32. The largest absolute Gasteiger partial charge is 0.334 e. The summed E-state index contributed by atoms with van der Waals surface area (Å²) in [5.74, 6) is 1.63. The average Bonchev–Trinajstić information content (AvgIpc) is 3.18. The molecular formula is C15H18N6OS. The van der Waals surface area contributed by atoms with E-state index in [0.29, 0.717) is 17.6 Å². The van der Waals surface area contributed by atoms with E-state index in [4.69, 9.17) is 4.52 Å². The zero-order valence-electron chi connectivity index (χ0n) is 13.2. The molecule has 0 aliphatic carbocycles. The van der Waals surface area contributed by atoms with E-state index in [0.717, 1.165) is 17.3 Å². The Bertz CT molecular complexity index is 754. The lowest BCUT2D eigenvalue weighted by Crippen LogP contribution is -2.08. The molecule has 0 fully saturated rings. The Morgan fingerprint density at radius 1 is 1.17 bits per heavy atom. The maximum Gasteiger partial charge on any atom is 0.257 e. The Labute approximate surface area is 138 Å². The molecule has 0 bridgehead atoms. The van der Waals surface area contributed by atoms with Crippen molar-refractivity contribution in [3.63, 3.8) is 0 Å². The van der Waals surface area contributed by atoms with Crippen molar-refractivity contribution >= 4 is 11.8 Å². The van der Waals surface area contributed by atoms with Crippen molar-refractivity contribution in [3.8, 4) is 11.5 Å². The Balaban J connectivity index is 1.73. The molecule has 23 heavy (non-hydrogen) atoms. The van der Waals surface area contributed by atoms with E-state index in [-0.39, 0.29) is 5.25 Å². The summed E-state index contributed by atoms with van der Waals surface area (Å²) >= 11 is 1.52. The van der Waals surface area contributed by atoms with Gasteiger partial charge in [-0.1, -0.05) is 49.0 Å². The normalized spacial score (nSPS) is 12.7. The van der Waals surface area contributed by atoms with E-state index in [1.807, 2.05) is 41.9 Å². The first-order chi connectivity index (χ1) is 11.1. The van der Waals surface area contributed by atoms with Crippen LogP contribution in [-0.2, 0) is 6.54 Å².